The molecule has 0 amide bonds. The molecule has 0 N–H and O–H groups in total. The van der Waals surface area contributed by atoms with Gasteiger partial charge in [-0.3, -0.25) is 0 Å². The van der Waals surface area contributed by atoms with Crippen molar-refractivity contribution in [2.75, 3.05) is 0 Å². The van der Waals surface area contributed by atoms with Crippen LogP contribution in [0.4, 0.5) is 0 Å². The molecular formula is CuGeO3. The maximum absolute atomic E-state index is 0. The van der Waals surface area contributed by atoms with E-state index < -0.39 is 0 Å². The van der Waals surface area contributed by atoms with Gasteiger partial charge in [-0.15, -0.1) is 0 Å². The topological polar surface area (TPSA) is 85.5 Å². The van der Waals surface area contributed by atoms with Gasteiger partial charge in [0.15, 0.2) is 0 Å². The van der Waals surface area contributed by atoms with Crippen LogP contribution < -0.4 is 0 Å². The van der Waals surface area contributed by atoms with Gasteiger partial charge in [0.1, 0.15) is 0 Å². The molecule has 0 aliphatic carbocycles. The predicted octanol–water partition coefficient (Wildman–Crippen LogP) is -0.740. The first-order valence-corrected chi connectivity index (χ1v) is 0. The summed E-state index contributed by atoms with van der Waals surface area (Å²) in [6, 6.07) is 0. The van der Waals surface area contributed by atoms with Crippen LogP contribution in [0, 0.1) is 0 Å². The normalized spacial score (nSPS) is 0. The maximum atomic E-state index is 0. The van der Waals surface area contributed by atoms with Crippen LogP contribution in [0.3, 0.4) is 0 Å². The molecule has 0 aliphatic heterocycles. The van der Waals surface area contributed by atoms with Crippen molar-refractivity contribution in [2.45, 2.75) is 0 Å². The van der Waals surface area contributed by atoms with Crippen molar-refractivity contribution in [3.8, 4) is 0 Å². The molecule has 0 aliphatic rings. The van der Waals surface area contributed by atoms with Gasteiger partial charge in [-0.2, -0.15) is 0 Å². The summed E-state index contributed by atoms with van der Waals surface area (Å²) in [6.07, 6.45) is 0. The first kappa shape index (κ1) is 163. The summed E-state index contributed by atoms with van der Waals surface area (Å²) in [4.78, 5) is 0. The fraction of sp³-hybridized carbons (Fsp3) is 0. The SMILES string of the molecule is [Cu+2].[Ge+4].[O-2].[O-2].[O-2]. The second-order valence-electron chi connectivity index (χ2n) is 0. The fourth-order valence-electron chi connectivity index (χ4n) is 0. The standard InChI is InChI=1S/Cu.Ge.3O/q+2;+4;3*-2. The van der Waals surface area contributed by atoms with Gasteiger partial charge in [-0.05, 0) is 0 Å². The molecule has 0 saturated heterocycles. The van der Waals surface area contributed by atoms with Gasteiger partial charge in [-0.1, -0.05) is 0 Å². The molecule has 0 bridgehead atoms. The molecule has 0 unspecified atom stereocenters. The molecule has 0 heterocycles. The van der Waals surface area contributed by atoms with E-state index in [4.69, 9.17) is 0 Å². The van der Waals surface area contributed by atoms with Crippen LogP contribution in [0.2, 0.25) is 0 Å². The van der Waals surface area contributed by atoms with E-state index in [1.807, 2.05) is 0 Å². The molecule has 0 aromatic heterocycles. The molecular weight excluding hydrogens is 184 g/mol. The Hall–Kier alpha value is 0.942. The Morgan fingerprint density at radius 3 is 0.600 bits per heavy atom. The van der Waals surface area contributed by atoms with E-state index in [1.54, 1.807) is 0 Å². The quantitative estimate of drug-likeness (QED) is 0.444. The van der Waals surface area contributed by atoms with Gasteiger partial charge in [0, 0.05) is 0 Å². The summed E-state index contributed by atoms with van der Waals surface area (Å²) >= 11 is 0. The van der Waals surface area contributed by atoms with Crippen LogP contribution in [0.25, 0.3) is 0 Å². The summed E-state index contributed by atoms with van der Waals surface area (Å²) in [7, 11) is 0. The van der Waals surface area contributed by atoms with E-state index >= 15 is 0 Å². The monoisotopic (exact) mass is 185 g/mol. The van der Waals surface area contributed by atoms with Crippen molar-refractivity contribution in [3.05, 3.63) is 0 Å². The van der Waals surface area contributed by atoms with E-state index in [-0.39, 0.29) is 51.1 Å². The van der Waals surface area contributed by atoms with Crippen molar-refractivity contribution in [1.29, 1.82) is 0 Å². The fourth-order valence-corrected chi connectivity index (χ4v) is 0. The second kappa shape index (κ2) is 86.5. The van der Waals surface area contributed by atoms with Crippen LogP contribution in [0.15, 0.2) is 0 Å². The largest absolute Gasteiger partial charge is 4.00 e. The Kier molecular flexibility index (Phi) is 2830. The second-order valence-corrected chi connectivity index (χ2v) is 0. The molecule has 0 aromatic carbocycles. The molecule has 0 atom stereocenters. The summed E-state index contributed by atoms with van der Waals surface area (Å²) < 4.78 is 0. The van der Waals surface area contributed by atoms with Crippen molar-refractivity contribution in [3.63, 3.8) is 0 Å². The minimum atomic E-state index is 0. The smallest absolute Gasteiger partial charge is 2.00 e. The zero-order valence-electron chi connectivity index (χ0n) is 2.03. The van der Waals surface area contributed by atoms with E-state index in [1.165, 1.54) is 0 Å². The third kappa shape index (κ3) is 48.2. The van der Waals surface area contributed by atoms with Crippen molar-refractivity contribution in [2.24, 2.45) is 0 Å². The van der Waals surface area contributed by atoms with Gasteiger partial charge in [0.05, 0.1) is 0 Å². The molecule has 3 nitrogen and oxygen atoms in total. The van der Waals surface area contributed by atoms with Crippen molar-refractivity contribution >= 4 is 17.6 Å². The molecule has 0 spiro atoms. The van der Waals surface area contributed by atoms with Crippen molar-refractivity contribution < 1.29 is 33.5 Å². The Morgan fingerprint density at radius 2 is 0.600 bits per heavy atom. The van der Waals surface area contributed by atoms with Gasteiger partial charge in [-0.25, -0.2) is 0 Å². The van der Waals surface area contributed by atoms with Gasteiger partial charge < -0.3 is 16.4 Å². The average Bonchev–Trinajstić information content (AvgIpc) is 0. The Labute approximate surface area is 51.5 Å². The maximum Gasteiger partial charge on any atom is 4.00 e. The van der Waals surface area contributed by atoms with Crippen LogP contribution in [0.1, 0.15) is 0 Å². The Bertz CT molecular complexity index is 6.85. The zero-order valence-corrected chi connectivity index (χ0v) is 5.07. The molecule has 5 heavy (non-hydrogen) atoms. The first-order chi connectivity index (χ1) is 0. The minimum absolute atomic E-state index is 0. The average molecular weight is 184 g/mol. The van der Waals surface area contributed by atoms with Crippen LogP contribution in [-0.4, -0.2) is 17.6 Å². The van der Waals surface area contributed by atoms with Gasteiger partial charge in [0.2, 0.25) is 0 Å². The molecule has 1 radical (unpaired) electrons. The van der Waals surface area contributed by atoms with Crippen LogP contribution >= 0.6 is 0 Å². The first-order valence-electron chi connectivity index (χ1n) is 0. The molecule has 0 rings (SSSR count). The van der Waals surface area contributed by atoms with Crippen molar-refractivity contribution in [1.82, 2.24) is 0 Å². The van der Waals surface area contributed by atoms with E-state index in [0.29, 0.717) is 0 Å². The molecule has 0 saturated carbocycles. The minimum Gasteiger partial charge on any atom is -2.00 e. The molecule has 0 fully saturated rings. The van der Waals surface area contributed by atoms with Crippen LogP contribution in [0.5, 0.6) is 0 Å². The summed E-state index contributed by atoms with van der Waals surface area (Å²) in [5.41, 5.74) is 0. The van der Waals surface area contributed by atoms with Gasteiger partial charge >= 0.3 is 34.7 Å². The Morgan fingerprint density at radius 1 is 0.600 bits per heavy atom. The number of rotatable bonds is 0. The van der Waals surface area contributed by atoms with Gasteiger partial charge in [0.25, 0.3) is 0 Å². The number of hydrogen-bond acceptors (Lipinski definition) is 0. The summed E-state index contributed by atoms with van der Waals surface area (Å²) in [5.74, 6) is 0. The number of hydrogen-bond donors (Lipinski definition) is 0. The summed E-state index contributed by atoms with van der Waals surface area (Å²) in [6.45, 7) is 0. The summed E-state index contributed by atoms with van der Waals surface area (Å²) in [5, 5.41) is 0. The van der Waals surface area contributed by atoms with E-state index in [0.717, 1.165) is 0 Å². The van der Waals surface area contributed by atoms with E-state index in [9.17, 15) is 0 Å². The molecule has 33 valence electrons. The third-order valence-corrected chi connectivity index (χ3v) is 0. The van der Waals surface area contributed by atoms with Crippen LogP contribution in [-0.2, 0) is 33.5 Å². The zero-order chi connectivity index (χ0) is 0. The molecule has 5 heteroatoms. The molecule has 0 aromatic rings. The third-order valence-electron chi connectivity index (χ3n) is 0. The Balaban J connectivity index is 0. The predicted molar refractivity (Wildman–Crippen MR) is 7.81 cm³/mol. The van der Waals surface area contributed by atoms with E-state index in [2.05, 4.69) is 0 Å².